The van der Waals surface area contributed by atoms with Crippen LogP contribution in [-0.2, 0) is 6.18 Å². The SMILES string of the molecule is OC(C1CC1)C(c1ccc(Oc2ccc(Cl)cc2)nc1C(F)(F)F)n1cncn1. The monoisotopic (exact) mass is 424 g/mol. The van der Waals surface area contributed by atoms with Crippen LogP contribution in [0.4, 0.5) is 13.2 Å². The van der Waals surface area contributed by atoms with Crippen LogP contribution in [0.15, 0.2) is 49.1 Å². The summed E-state index contributed by atoms with van der Waals surface area (Å²) in [4.78, 5) is 7.51. The number of hydrogen-bond acceptors (Lipinski definition) is 5. The van der Waals surface area contributed by atoms with E-state index < -0.39 is 24.0 Å². The van der Waals surface area contributed by atoms with Gasteiger partial charge in [-0.2, -0.15) is 18.3 Å². The number of aliphatic hydroxyl groups excluding tert-OH is 1. The summed E-state index contributed by atoms with van der Waals surface area (Å²) in [7, 11) is 0. The van der Waals surface area contributed by atoms with E-state index in [2.05, 4.69) is 15.1 Å². The molecule has 1 aromatic carbocycles. The van der Waals surface area contributed by atoms with E-state index in [0.29, 0.717) is 10.8 Å². The van der Waals surface area contributed by atoms with E-state index >= 15 is 0 Å². The van der Waals surface area contributed by atoms with E-state index in [1.54, 1.807) is 12.1 Å². The van der Waals surface area contributed by atoms with Crippen LogP contribution in [0, 0.1) is 5.92 Å². The van der Waals surface area contributed by atoms with Crippen molar-refractivity contribution >= 4 is 11.6 Å². The fraction of sp³-hybridized carbons (Fsp3) is 0.316. The van der Waals surface area contributed by atoms with Crippen molar-refractivity contribution in [3.05, 3.63) is 65.3 Å². The Kier molecular flexibility index (Phi) is 5.18. The molecular formula is C19H16ClF3N4O2. The minimum atomic E-state index is -4.75. The van der Waals surface area contributed by atoms with Gasteiger partial charge in [0.1, 0.15) is 24.4 Å². The lowest BCUT2D eigenvalue weighted by Gasteiger charge is -2.26. The fourth-order valence-corrected chi connectivity index (χ4v) is 3.26. The molecule has 1 saturated carbocycles. The maximum Gasteiger partial charge on any atom is 0.433 e. The third kappa shape index (κ3) is 4.35. The first-order chi connectivity index (χ1) is 13.8. The molecule has 1 aliphatic carbocycles. The largest absolute Gasteiger partial charge is 0.439 e. The summed E-state index contributed by atoms with van der Waals surface area (Å²) < 4.78 is 48.2. The maximum absolute atomic E-state index is 13.8. The summed E-state index contributed by atoms with van der Waals surface area (Å²) in [5.41, 5.74) is -1.32. The van der Waals surface area contributed by atoms with E-state index in [1.807, 2.05) is 0 Å². The second kappa shape index (κ2) is 7.64. The Labute approximate surface area is 168 Å². The molecule has 0 amide bonds. The van der Waals surface area contributed by atoms with Crippen LogP contribution in [0.3, 0.4) is 0 Å². The zero-order chi connectivity index (χ0) is 20.6. The molecule has 0 spiro atoms. The van der Waals surface area contributed by atoms with Crippen LogP contribution in [0.25, 0.3) is 0 Å². The summed E-state index contributed by atoms with van der Waals surface area (Å²) in [5, 5.41) is 15.1. The third-order valence-electron chi connectivity index (χ3n) is 4.67. The zero-order valence-electron chi connectivity index (χ0n) is 14.9. The lowest BCUT2D eigenvalue weighted by Crippen LogP contribution is -2.30. The van der Waals surface area contributed by atoms with Crippen LogP contribution >= 0.6 is 11.6 Å². The number of pyridine rings is 1. The van der Waals surface area contributed by atoms with Crippen LogP contribution in [0.5, 0.6) is 11.6 Å². The molecule has 0 saturated heterocycles. The van der Waals surface area contributed by atoms with Gasteiger partial charge in [0.05, 0.1) is 6.10 Å². The molecule has 2 aromatic heterocycles. The minimum absolute atomic E-state index is 0.0877. The normalized spacial score (nSPS) is 16.4. The van der Waals surface area contributed by atoms with Gasteiger partial charge in [-0.15, -0.1) is 0 Å². The van der Waals surface area contributed by atoms with Gasteiger partial charge in [-0.25, -0.2) is 14.6 Å². The second-order valence-corrected chi connectivity index (χ2v) is 7.23. The minimum Gasteiger partial charge on any atom is -0.439 e. The van der Waals surface area contributed by atoms with Gasteiger partial charge >= 0.3 is 6.18 Å². The average Bonchev–Trinajstić information content (AvgIpc) is 3.40. The molecule has 29 heavy (non-hydrogen) atoms. The molecule has 4 rings (SSSR count). The smallest absolute Gasteiger partial charge is 0.433 e. The lowest BCUT2D eigenvalue weighted by molar-refractivity contribution is -0.142. The molecule has 6 nitrogen and oxygen atoms in total. The number of benzene rings is 1. The number of aliphatic hydroxyl groups is 1. The molecule has 2 atom stereocenters. The molecule has 0 radical (unpaired) electrons. The number of alkyl halides is 3. The van der Waals surface area contributed by atoms with Gasteiger partial charge < -0.3 is 9.84 Å². The van der Waals surface area contributed by atoms with Gasteiger partial charge in [-0.1, -0.05) is 11.6 Å². The topological polar surface area (TPSA) is 73.1 Å². The Morgan fingerprint density at radius 2 is 1.86 bits per heavy atom. The molecule has 1 fully saturated rings. The lowest BCUT2D eigenvalue weighted by atomic mass is 9.96. The van der Waals surface area contributed by atoms with Crippen molar-refractivity contribution in [2.45, 2.75) is 31.2 Å². The Morgan fingerprint density at radius 3 is 2.45 bits per heavy atom. The highest BCUT2D eigenvalue weighted by molar-refractivity contribution is 6.30. The zero-order valence-corrected chi connectivity index (χ0v) is 15.7. The standard InChI is InChI=1S/C19H16ClF3N4O2/c20-12-3-5-13(6-4-12)29-15-8-7-14(18(26-15)19(21,22)23)16(17(28)11-1-2-11)27-10-24-9-25-27/h3-11,16-17,28H,1-2H2. The predicted molar refractivity (Wildman–Crippen MR) is 97.7 cm³/mol. The Balaban J connectivity index is 1.74. The van der Waals surface area contributed by atoms with Crippen LogP contribution in [0.2, 0.25) is 5.02 Å². The van der Waals surface area contributed by atoms with Gasteiger partial charge in [-0.3, -0.25) is 0 Å². The molecule has 0 bridgehead atoms. The summed E-state index contributed by atoms with van der Waals surface area (Å²) >= 11 is 5.81. The third-order valence-corrected chi connectivity index (χ3v) is 4.93. The molecule has 10 heteroatoms. The molecule has 1 N–H and O–H groups in total. The molecule has 2 unspecified atom stereocenters. The highest BCUT2D eigenvalue weighted by atomic mass is 35.5. The maximum atomic E-state index is 13.8. The first-order valence-electron chi connectivity index (χ1n) is 8.86. The summed E-state index contributed by atoms with van der Waals surface area (Å²) in [6.45, 7) is 0. The van der Waals surface area contributed by atoms with Gasteiger partial charge in [0.25, 0.3) is 0 Å². The highest BCUT2D eigenvalue weighted by Crippen LogP contribution is 2.43. The van der Waals surface area contributed by atoms with Crippen molar-refractivity contribution in [1.82, 2.24) is 19.7 Å². The predicted octanol–water partition coefficient (Wildman–Crippen LogP) is 4.50. The average molecular weight is 425 g/mol. The number of nitrogens with zero attached hydrogens (tertiary/aromatic N) is 4. The summed E-state index contributed by atoms with van der Waals surface area (Å²) in [6, 6.07) is 7.71. The first kappa shape index (κ1) is 19.7. The number of halogens is 4. The van der Waals surface area contributed by atoms with Crippen molar-refractivity contribution in [3.8, 4) is 11.6 Å². The van der Waals surface area contributed by atoms with E-state index in [-0.39, 0.29) is 17.4 Å². The van der Waals surface area contributed by atoms with Crippen molar-refractivity contribution in [2.75, 3.05) is 0 Å². The number of ether oxygens (including phenoxy) is 1. The fourth-order valence-electron chi connectivity index (χ4n) is 3.14. The van der Waals surface area contributed by atoms with Gasteiger partial charge in [0.15, 0.2) is 5.69 Å². The van der Waals surface area contributed by atoms with Gasteiger partial charge in [0.2, 0.25) is 5.88 Å². The second-order valence-electron chi connectivity index (χ2n) is 6.79. The molecule has 0 aliphatic heterocycles. The molecule has 152 valence electrons. The Bertz CT molecular complexity index is 976. The number of aromatic nitrogens is 4. The van der Waals surface area contributed by atoms with E-state index in [4.69, 9.17) is 16.3 Å². The van der Waals surface area contributed by atoms with Crippen LogP contribution < -0.4 is 4.74 Å². The molecule has 3 aromatic rings. The first-order valence-corrected chi connectivity index (χ1v) is 9.24. The summed E-state index contributed by atoms with van der Waals surface area (Å²) in [5.74, 6) is -0.00876. The van der Waals surface area contributed by atoms with E-state index in [0.717, 1.165) is 12.8 Å². The van der Waals surface area contributed by atoms with E-state index in [9.17, 15) is 18.3 Å². The number of rotatable bonds is 6. The van der Waals surface area contributed by atoms with Gasteiger partial charge in [-0.05, 0) is 49.1 Å². The molecular weight excluding hydrogens is 409 g/mol. The van der Waals surface area contributed by atoms with E-state index in [1.165, 1.54) is 41.6 Å². The van der Waals surface area contributed by atoms with Crippen molar-refractivity contribution in [2.24, 2.45) is 5.92 Å². The van der Waals surface area contributed by atoms with Gasteiger partial charge in [0, 0.05) is 16.7 Å². The van der Waals surface area contributed by atoms with Crippen LogP contribution in [-0.4, -0.2) is 31.0 Å². The number of hydrogen-bond donors (Lipinski definition) is 1. The van der Waals surface area contributed by atoms with Crippen LogP contribution in [0.1, 0.15) is 30.1 Å². The summed E-state index contributed by atoms with van der Waals surface area (Å²) in [6.07, 6.45) is -1.79. The van der Waals surface area contributed by atoms with Crippen molar-refractivity contribution < 1.29 is 23.0 Å². The highest BCUT2D eigenvalue weighted by Gasteiger charge is 2.43. The van der Waals surface area contributed by atoms with Crippen molar-refractivity contribution in [1.29, 1.82) is 0 Å². The van der Waals surface area contributed by atoms with Crippen molar-refractivity contribution in [3.63, 3.8) is 0 Å². The molecule has 1 aliphatic rings. The Morgan fingerprint density at radius 1 is 1.14 bits per heavy atom. The quantitative estimate of drug-likeness (QED) is 0.630. The Hall–Kier alpha value is -2.65. The molecule has 2 heterocycles.